The van der Waals surface area contributed by atoms with Crippen molar-refractivity contribution in [1.82, 2.24) is 10.2 Å². The molecule has 1 atom stereocenters. The zero-order valence-electron chi connectivity index (χ0n) is 15.7. The Morgan fingerprint density at radius 2 is 1.85 bits per heavy atom. The molecule has 1 amide bonds. The van der Waals surface area contributed by atoms with Gasteiger partial charge in [-0.3, -0.25) is 9.69 Å². The fourth-order valence-electron chi connectivity index (χ4n) is 3.37. The minimum atomic E-state index is 0.0539. The van der Waals surface area contributed by atoms with Gasteiger partial charge in [0.15, 0.2) is 0 Å². The summed E-state index contributed by atoms with van der Waals surface area (Å²) in [6.45, 7) is 7.00. The van der Waals surface area contributed by atoms with Gasteiger partial charge < -0.3 is 5.32 Å². The first kappa shape index (κ1) is 18.4. The second kappa shape index (κ2) is 8.81. The summed E-state index contributed by atoms with van der Waals surface area (Å²) in [6, 6.07) is 19.3. The van der Waals surface area contributed by atoms with Gasteiger partial charge in [-0.2, -0.15) is 0 Å². The Morgan fingerprint density at radius 3 is 2.46 bits per heavy atom. The summed E-state index contributed by atoms with van der Waals surface area (Å²) >= 11 is 0. The minimum absolute atomic E-state index is 0.0539. The third kappa shape index (κ3) is 4.83. The molecule has 3 nitrogen and oxygen atoms in total. The molecule has 0 aromatic heterocycles. The number of amides is 1. The van der Waals surface area contributed by atoms with Gasteiger partial charge in [0.2, 0.25) is 5.91 Å². The number of hydrogen-bond acceptors (Lipinski definition) is 2. The van der Waals surface area contributed by atoms with Crippen molar-refractivity contribution in [3.8, 4) is 0 Å². The molecule has 2 aromatic carbocycles. The van der Waals surface area contributed by atoms with Crippen LogP contribution < -0.4 is 5.32 Å². The molecule has 0 aliphatic carbocycles. The third-order valence-electron chi connectivity index (χ3n) is 5.02. The summed E-state index contributed by atoms with van der Waals surface area (Å²) < 4.78 is 0. The van der Waals surface area contributed by atoms with Crippen LogP contribution in [0.3, 0.4) is 0 Å². The number of nitrogens with zero attached hydrogens (tertiary/aromatic N) is 1. The first-order chi connectivity index (χ1) is 12.7. The Balaban J connectivity index is 1.59. The van der Waals surface area contributed by atoms with Crippen LogP contribution in [0.4, 0.5) is 0 Å². The number of hydrogen-bond donors (Lipinski definition) is 1. The monoisotopic (exact) mass is 348 g/mol. The number of benzene rings is 2. The van der Waals surface area contributed by atoms with Crippen LogP contribution >= 0.6 is 0 Å². The van der Waals surface area contributed by atoms with Crippen LogP contribution in [0, 0.1) is 0 Å². The van der Waals surface area contributed by atoms with E-state index in [0.717, 1.165) is 31.6 Å². The van der Waals surface area contributed by atoms with Crippen LogP contribution in [-0.4, -0.2) is 23.9 Å². The van der Waals surface area contributed by atoms with Gasteiger partial charge in [-0.05, 0) is 35.6 Å². The molecule has 0 spiro atoms. The molecule has 0 radical (unpaired) electrons. The minimum Gasteiger partial charge on any atom is -0.350 e. The first-order valence-corrected chi connectivity index (χ1v) is 9.50. The maximum Gasteiger partial charge on any atom is 0.220 e. The van der Waals surface area contributed by atoms with Gasteiger partial charge in [-0.1, -0.05) is 67.6 Å². The van der Waals surface area contributed by atoms with Gasteiger partial charge in [0, 0.05) is 26.1 Å². The second-order valence-corrected chi connectivity index (χ2v) is 6.96. The topological polar surface area (TPSA) is 32.3 Å². The first-order valence-electron chi connectivity index (χ1n) is 9.50. The fraction of sp³-hybridized carbons (Fsp3) is 0.348. The van der Waals surface area contributed by atoms with E-state index in [-0.39, 0.29) is 11.9 Å². The highest BCUT2D eigenvalue weighted by atomic mass is 16.1. The van der Waals surface area contributed by atoms with Crippen molar-refractivity contribution in [3.63, 3.8) is 0 Å². The molecule has 1 unspecified atom stereocenters. The molecule has 1 heterocycles. The lowest BCUT2D eigenvalue weighted by atomic mass is 9.97. The summed E-state index contributed by atoms with van der Waals surface area (Å²) in [4.78, 5) is 14.0. The molecule has 3 rings (SSSR count). The van der Waals surface area contributed by atoms with Crippen molar-refractivity contribution in [2.75, 3.05) is 13.1 Å². The van der Waals surface area contributed by atoms with E-state index in [1.807, 2.05) is 13.8 Å². The van der Waals surface area contributed by atoms with E-state index >= 15 is 0 Å². The SMILES string of the molecule is CCC(=O)NC(C)c1ccc(C2=CCN(Cc3ccccc3)CC2)cc1. The predicted octanol–water partition coefficient (Wildman–Crippen LogP) is 4.56. The van der Waals surface area contributed by atoms with E-state index in [4.69, 9.17) is 0 Å². The molecular formula is C23H28N2O. The largest absolute Gasteiger partial charge is 0.350 e. The number of rotatable bonds is 6. The van der Waals surface area contributed by atoms with Crippen LogP contribution in [0.2, 0.25) is 0 Å². The number of nitrogens with one attached hydrogen (secondary N) is 1. The van der Waals surface area contributed by atoms with Gasteiger partial charge in [0.05, 0.1) is 6.04 Å². The van der Waals surface area contributed by atoms with E-state index < -0.39 is 0 Å². The molecule has 2 aromatic rings. The lowest BCUT2D eigenvalue weighted by Crippen LogP contribution is -2.28. The molecule has 1 aliphatic rings. The smallest absolute Gasteiger partial charge is 0.220 e. The lowest BCUT2D eigenvalue weighted by molar-refractivity contribution is -0.121. The van der Waals surface area contributed by atoms with Crippen LogP contribution in [0.1, 0.15) is 49.4 Å². The van der Waals surface area contributed by atoms with Crippen LogP contribution in [0.25, 0.3) is 5.57 Å². The van der Waals surface area contributed by atoms with Gasteiger partial charge in [-0.15, -0.1) is 0 Å². The maximum atomic E-state index is 11.5. The molecule has 136 valence electrons. The normalized spacial score (nSPS) is 16.0. The molecule has 0 saturated carbocycles. The lowest BCUT2D eigenvalue weighted by Gasteiger charge is -2.26. The Morgan fingerprint density at radius 1 is 1.12 bits per heavy atom. The fourth-order valence-corrected chi connectivity index (χ4v) is 3.37. The van der Waals surface area contributed by atoms with E-state index in [2.05, 4.69) is 70.9 Å². The molecule has 0 saturated heterocycles. The molecule has 0 bridgehead atoms. The number of carbonyl (C=O) groups is 1. The van der Waals surface area contributed by atoms with E-state index in [9.17, 15) is 4.79 Å². The van der Waals surface area contributed by atoms with E-state index in [1.54, 1.807) is 0 Å². The van der Waals surface area contributed by atoms with Crippen LogP contribution in [0.15, 0.2) is 60.7 Å². The molecule has 26 heavy (non-hydrogen) atoms. The Kier molecular flexibility index (Phi) is 6.24. The van der Waals surface area contributed by atoms with Gasteiger partial charge in [0.25, 0.3) is 0 Å². The Hall–Kier alpha value is -2.39. The molecule has 1 N–H and O–H groups in total. The molecular weight excluding hydrogens is 320 g/mol. The highest BCUT2D eigenvalue weighted by molar-refractivity contribution is 5.76. The summed E-state index contributed by atoms with van der Waals surface area (Å²) in [5, 5.41) is 3.01. The van der Waals surface area contributed by atoms with Crippen LogP contribution in [-0.2, 0) is 11.3 Å². The number of carbonyl (C=O) groups excluding carboxylic acids is 1. The molecule has 1 aliphatic heterocycles. The van der Waals surface area contributed by atoms with Crippen molar-refractivity contribution >= 4 is 11.5 Å². The zero-order valence-corrected chi connectivity index (χ0v) is 15.7. The maximum absolute atomic E-state index is 11.5. The van der Waals surface area contributed by atoms with Crippen molar-refractivity contribution in [1.29, 1.82) is 0 Å². The summed E-state index contributed by atoms with van der Waals surface area (Å²) in [5.41, 5.74) is 5.24. The van der Waals surface area contributed by atoms with Gasteiger partial charge in [-0.25, -0.2) is 0 Å². The van der Waals surface area contributed by atoms with Crippen molar-refractivity contribution in [2.45, 2.75) is 39.3 Å². The summed E-state index contributed by atoms with van der Waals surface area (Å²) in [5.74, 6) is 0.0927. The zero-order chi connectivity index (χ0) is 18.4. The van der Waals surface area contributed by atoms with Gasteiger partial charge in [0.1, 0.15) is 0 Å². The quantitative estimate of drug-likeness (QED) is 0.830. The molecule has 0 fully saturated rings. The van der Waals surface area contributed by atoms with Gasteiger partial charge >= 0.3 is 0 Å². The van der Waals surface area contributed by atoms with Crippen LogP contribution in [0.5, 0.6) is 0 Å². The van der Waals surface area contributed by atoms with E-state index in [1.165, 1.54) is 16.7 Å². The highest BCUT2D eigenvalue weighted by Crippen LogP contribution is 2.24. The average molecular weight is 348 g/mol. The Labute approximate surface area is 156 Å². The predicted molar refractivity (Wildman–Crippen MR) is 108 cm³/mol. The Bertz CT molecular complexity index is 750. The van der Waals surface area contributed by atoms with Crippen molar-refractivity contribution in [3.05, 3.63) is 77.4 Å². The van der Waals surface area contributed by atoms with Crippen molar-refractivity contribution < 1.29 is 4.79 Å². The molecule has 3 heteroatoms. The average Bonchev–Trinajstić information content (AvgIpc) is 2.69. The second-order valence-electron chi connectivity index (χ2n) is 6.96. The van der Waals surface area contributed by atoms with Crippen molar-refractivity contribution in [2.24, 2.45) is 0 Å². The summed E-state index contributed by atoms with van der Waals surface area (Å²) in [6.07, 6.45) is 3.95. The standard InChI is InChI=1S/C23H28N2O/c1-3-23(26)24-18(2)20-9-11-21(12-10-20)22-13-15-25(16-14-22)17-19-7-5-4-6-8-19/h4-13,18H,3,14-17H2,1-2H3,(H,24,26). The summed E-state index contributed by atoms with van der Waals surface area (Å²) in [7, 11) is 0. The van der Waals surface area contributed by atoms with E-state index in [0.29, 0.717) is 6.42 Å². The third-order valence-corrected chi connectivity index (χ3v) is 5.02. The highest BCUT2D eigenvalue weighted by Gasteiger charge is 2.14.